The van der Waals surface area contributed by atoms with E-state index >= 15 is 0 Å². The molecule has 42 heavy (non-hydrogen) atoms. The summed E-state index contributed by atoms with van der Waals surface area (Å²) >= 11 is 0. The zero-order valence-corrected chi connectivity index (χ0v) is 26.2. The van der Waals surface area contributed by atoms with Gasteiger partial charge in [0.1, 0.15) is 23.9 Å². The van der Waals surface area contributed by atoms with Crippen molar-refractivity contribution in [1.29, 1.82) is 0 Å². The van der Waals surface area contributed by atoms with Crippen LogP contribution in [0.15, 0.2) is 18.2 Å². The Bertz CT molecular complexity index is 1040. The largest absolute Gasteiger partial charge is 0.513 e. The zero-order chi connectivity index (χ0) is 32.0. The summed E-state index contributed by atoms with van der Waals surface area (Å²) in [6.45, 7) is 16.3. The van der Waals surface area contributed by atoms with Crippen LogP contribution in [0.25, 0.3) is 0 Å². The van der Waals surface area contributed by atoms with Crippen molar-refractivity contribution < 1.29 is 52.3 Å². The molecule has 0 radical (unpaired) electrons. The Morgan fingerprint density at radius 2 is 1.26 bits per heavy atom. The van der Waals surface area contributed by atoms with Crippen LogP contribution in [0.1, 0.15) is 80.7 Å². The first-order valence-corrected chi connectivity index (χ1v) is 14.2. The summed E-state index contributed by atoms with van der Waals surface area (Å²) in [4.78, 5) is 49.2. The highest BCUT2D eigenvalue weighted by Gasteiger charge is 2.27. The normalized spacial score (nSPS) is 14.8. The van der Waals surface area contributed by atoms with Gasteiger partial charge in [0.15, 0.2) is 11.5 Å². The fourth-order valence-electron chi connectivity index (χ4n) is 2.96. The highest BCUT2D eigenvalue weighted by molar-refractivity contribution is 5.76. The fourth-order valence-corrected chi connectivity index (χ4v) is 2.96. The molecule has 0 fully saturated rings. The Labute approximate surface area is 248 Å². The summed E-state index contributed by atoms with van der Waals surface area (Å²) < 4.78 is 36.5. The standard InChI is InChI=1S/C30H47NO11/c1-10-18(3)16-36-27(33)40-24-13-12-22(15-25(24)41-28(34)37-17-19(4)11-2)14-23(31)26(32)38-20(5)21(6)39-29(35)42-30(7,8)9/h12-13,15,18-21,23H,10-11,14,16-17,31H2,1-9H3/t18?,19?,20-,21?,23-/m0/s1. The van der Waals surface area contributed by atoms with Crippen LogP contribution in [0.3, 0.4) is 0 Å². The van der Waals surface area contributed by atoms with Gasteiger partial charge in [0.25, 0.3) is 0 Å². The van der Waals surface area contributed by atoms with Crippen molar-refractivity contribution in [3.63, 3.8) is 0 Å². The van der Waals surface area contributed by atoms with Gasteiger partial charge in [-0.15, -0.1) is 0 Å². The van der Waals surface area contributed by atoms with Crippen molar-refractivity contribution in [2.75, 3.05) is 13.2 Å². The topological polar surface area (TPSA) is 159 Å². The molecule has 238 valence electrons. The summed E-state index contributed by atoms with van der Waals surface area (Å²) in [5.41, 5.74) is 5.83. The summed E-state index contributed by atoms with van der Waals surface area (Å²) in [7, 11) is 0. The number of carbonyl (C=O) groups is 4. The van der Waals surface area contributed by atoms with Gasteiger partial charge >= 0.3 is 24.4 Å². The molecule has 1 rings (SSSR count). The van der Waals surface area contributed by atoms with Gasteiger partial charge in [-0.05, 0) is 70.6 Å². The van der Waals surface area contributed by atoms with Crippen molar-refractivity contribution in [2.45, 2.75) is 105 Å². The zero-order valence-electron chi connectivity index (χ0n) is 26.2. The van der Waals surface area contributed by atoms with Crippen molar-refractivity contribution in [1.82, 2.24) is 0 Å². The minimum atomic E-state index is -1.11. The number of carbonyl (C=O) groups excluding carboxylic acids is 4. The average Bonchev–Trinajstić information content (AvgIpc) is 2.90. The monoisotopic (exact) mass is 597 g/mol. The second-order valence-electron chi connectivity index (χ2n) is 11.4. The maximum Gasteiger partial charge on any atom is 0.513 e. The molecule has 1 aromatic carbocycles. The van der Waals surface area contributed by atoms with Crippen molar-refractivity contribution in [3.05, 3.63) is 23.8 Å². The van der Waals surface area contributed by atoms with E-state index in [1.165, 1.54) is 12.1 Å². The first-order chi connectivity index (χ1) is 19.5. The van der Waals surface area contributed by atoms with Crippen LogP contribution in [0.5, 0.6) is 11.5 Å². The Morgan fingerprint density at radius 1 is 0.762 bits per heavy atom. The molecule has 0 heterocycles. The SMILES string of the molecule is CCC(C)COC(=O)Oc1ccc(C[C@H](N)C(=O)O[C@@H](C)C(C)OC(=O)OC(C)(C)C)cc1OC(=O)OCC(C)CC. The van der Waals surface area contributed by atoms with Gasteiger partial charge in [0, 0.05) is 0 Å². The van der Waals surface area contributed by atoms with E-state index < -0.39 is 48.3 Å². The number of esters is 1. The summed E-state index contributed by atoms with van der Waals surface area (Å²) in [5, 5.41) is 0. The Balaban J connectivity index is 2.94. The molecule has 0 amide bonds. The van der Waals surface area contributed by atoms with Crippen molar-refractivity contribution in [3.8, 4) is 11.5 Å². The molecular weight excluding hydrogens is 550 g/mol. The average molecular weight is 598 g/mol. The number of rotatable bonds is 14. The molecule has 0 bridgehead atoms. The van der Waals surface area contributed by atoms with E-state index in [-0.39, 0.29) is 43.0 Å². The molecule has 3 unspecified atom stereocenters. The summed E-state index contributed by atoms with van der Waals surface area (Å²) in [6.07, 6.45) is -2.83. The molecular formula is C30H47NO11. The number of ether oxygens (including phenoxy) is 7. The molecule has 12 heteroatoms. The van der Waals surface area contributed by atoms with Gasteiger partial charge < -0.3 is 38.9 Å². The molecule has 1 aromatic rings. The Morgan fingerprint density at radius 3 is 1.76 bits per heavy atom. The lowest BCUT2D eigenvalue weighted by Gasteiger charge is -2.24. The van der Waals surface area contributed by atoms with Gasteiger partial charge in [0.05, 0.1) is 13.2 Å². The second-order valence-corrected chi connectivity index (χ2v) is 11.4. The molecule has 0 aliphatic heterocycles. The van der Waals surface area contributed by atoms with E-state index in [4.69, 9.17) is 38.9 Å². The van der Waals surface area contributed by atoms with E-state index in [2.05, 4.69) is 0 Å². The molecule has 0 aromatic heterocycles. The van der Waals surface area contributed by atoms with Crippen molar-refractivity contribution >= 4 is 24.4 Å². The lowest BCUT2D eigenvalue weighted by Crippen LogP contribution is -2.40. The van der Waals surface area contributed by atoms with Gasteiger partial charge in [-0.2, -0.15) is 0 Å². The smallest absolute Gasteiger partial charge is 0.458 e. The maximum absolute atomic E-state index is 12.7. The second kappa shape index (κ2) is 17.4. The maximum atomic E-state index is 12.7. The van der Waals surface area contributed by atoms with E-state index in [0.717, 1.165) is 12.8 Å². The molecule has 2 N–H and O–H groups in total. The molecule has 0 spiro atoms. The molecule has 0 aliphatic rings. The van der Waals surface area contributed by atoms with E-state index in [1.807, 2.05) is 27.7 Å². The summed E-state index contributed by atoms with van der Waals surface area (Å²) in [5.74, 6) is -0.672. The number of nitrogens with two attached hydrogens (primary N) is 1. The van der Waals surface area contributed by atoms with Crippen molar-refractivity contribution in [2.24, 2.45) is 17.6 Å². The van der Waals surface area contributed by atoms with Crippen LogP contribution >= 0.6 is 0 Å². The lowest BCUT2D eigenvalue weighted by atomic mass is 10.1. The first-order valence-electron chi connectivity index (χ1n) is 14.2. The van der Waals surface area contributed by atoms with Gasteiger partial charge in [0.2, 0.25) is 0 Å². The van der Waals surface area contributed by atoms with E-state index in [1.54, 1.807) is 40.7 Å². The highest BCUT2D eigenvalue weighted by atomic mass is 16.8. The number of hydrogen-bond acceptors (Lipinski definition) is 12. The molecule has 0 saturated carbocycles. The Kier molecular flexibility index (Phi) is 15.1. The fraction of sp³-hybridized carbons (Fsp3) is 0.667. The van der Waals surface area contributed by atoms with Gasteiger partial charge in [-0.1, -0.05) is 46.6 Å². The van der Waals surface area contributed by atoms with E-state index in [9.17, 15) is 19.2 Å². The van der Waals surface area contributed by atoms with E-state index in [0.29, 0.717) is 5.56 Å². The molecule has 12 nitrogen and oxygen atoms in total. The lowest BCUT2D eigenvalue weighted by molar-refractivity contribution is -0.156. The number of hydrogen-bond donors (Lipinski definition) is 1. The summed E-state index contributed by atoms with van der Waals surface area (Å²) in [6, 6.07) is 3.25. The van der Waals surface area contributed by atoms with Crippen LogP contribution in [0.4, 0.5) is 14.4 Å². The van der Waals surface area contributed by atoms with Gasteiger partial charge in [-0.3, -0.25) is 4.79 Å². The third kappa shape index (κ3) is 14.4. The Hall–Kier alpha value is -3.54. The number of benzene rings is 1. The minimum Gasteiger partial charge on any atom is -0.458 e. The van der Waals surface area contributed by atoms with Crippen LogP contribution in [-0.2, 0) is 34.9 Å². The van der Waals surface area contributed by atoms with Crippen LogP contribution in [0.2, 0.25) is 0 Å². The first kappa shape index (κ1) is 36.5. The molecule has 5 atom stereocenters. The third-order valence-corrected chi connectivity index (χ3v) is 6.15. The predicted octanol–water partition coefficient (Wildman–Crippen LogP) is 5.95. The van der Waals surface area contributed by atoms with Gasteiger partial charge in [-0.25, -0.2) is 14.4 Å². The highest BCUT2D eigenvalue weighted by Crippen LogP contribution is 2.30. The van der Waals surface area contributed by atoms with Crippen LogP contribution < -0.4 is 15.2 Å². The van der Waals surface area contributed by atoms with Crippen LogP contribution in [0, 0.1) is 11.8 Å². The minimum absolute atomic E-state index is 0.0100. The predicted molar refractivity (Wildman–Crippen MR) is 153 cm³/mol. The third-order valence-electron chi connectivity index (χ3n) is 6.15. The molecule has 0 aliphatic carbocycles. The quantitative estimate of drug-likeness (QED) is 0.153. The van der Waals surface area contributed by atoms with Crippen LogP contribution in [-0.4, -0.2) is 61.5 Å². The molecule has 0 saturated heterocycles.